The van der Waals surface area contributed by atoms with Crippen LogP contribution >= 0.6 is 0 Å². The zero-order chi connectivity index (χ0) is 18.2. The molecule has 138 valence electrons. The van der Waals surface area contributed by atoms with Gasteiger partial charge in [0.1, 0.15) is 5.75 Å². The van der Waals surface area contributed by atoms with Crippen molar-refractivity contribution in [3.8, 4) is 5.75 Å². The van der Waals surface area contributed by atoms with Crippen molar-refractivity contribution in [3.05, 3.63) is 29.8 Å². The van der Waals surface area contributed by atoms with Crippen molar-refractivity contribution in [1.82, 2.24) is 10.2 Å². The molecule has 0 aromatic heterocycles. The Labute approximate surface area is 149 Å². The molecule has 1 aromatic rings. The number of nitrogens with one attached hydrogen (secondary N) is 1. The molecule has 1 aromatic carbocycles. The van der Waals surface area contributed by atoms with Gasteiger partial charge in [-0.05, 0) is 50.7 Å². The molecular weight excluding hydrogens is 320 g/mol. The van der Waals surface area contributed by atoms with E-state index in [0.29, 0.717) is 26.0 Å². The topological polar surface area (TPSA) is 78.9 Å². The van der Waals surface area contributed by atoms with Crippen LogP contribution in [0.4, 0.5) is 4.79 Å². The van der Waals surface area contributed by atoms with E-state index in [0.717, 1.165) is 30.6 Å². The molecule has 25 heavy (non-hydrogen) atoms. The van der Waals surface area contributed by atoms with Crippen LogP contribution in [0.15, 0.2) is 24.3 Å². The average Bonchev–Trinajstić information content (AvgIpc) is 2.60. The van der Waals surface area contributed by atoms with Crippen LogP contribution in [0, 0.1) is 12.8 Å². The van der Waals surface area contributed by atoms with Gasteiger partial charge in [-0.1, -0.05) is 18.2 Å². The number of ether oxygens (including phenoxy) is 1. The Morgan fingerprint density at radius 2 is 1.92 bits per heavy atom. The molecule has 2 rings (SSSR count). The molecule has 0 atom stereocenters. The number of aryl methyl sites for hydroxylation is 1. The molecule has 0 radical (unpaired) electrons. The van der Waals surface area contributed by atoms with Gasteiger partial charge in [-0.3, -0.25) is 4.79 Å². The first kappa shape index (κ1) is 19.1. The fourth-order valence-corrected chi connectivity index (χ4v) is 3.07. The quantitative estimate of drug-likeness (QED) is 0.742. The number of benzene rings is 1. The lowest BCUT2D eigenvalue weighted by atomic mass is 9.86. The number of nitrogens with zero attached hydrogens (tertiary/aromatic N) is 1. The number of aliphatic carboxylic acids is 1. The summed E-state index contributed by atoms with van der Waals surface area (Å²) in [7, 11) is 1.77. The van der Waals surface area contributed by atoms with Gasteiger partial charge in [0.25, 0.3) is 0 Å². The Balaban J connectivity index is 1.64. The Kier molecular flexibility index (Phi) is 7.10. The Hall–Kier alpha value is -2.24. The number of amides is 2. The molecule has 0 saturated heterocycles. The zero-order valence-corrected chi connectivity index (χ0v) is 15.0. The molecule has 1 fully saturated rings. The van der Waals surface area contributed by atoms with Crippen LogP contribution in [0.3, 0.4) is 0 Å². The number of carboxylic acids is 1. The molecule has 2 amide bonds. The summed E-state index contributed by atoms with van der Waals surface area (Å²) in [5.74, 6) is -0.107. The number of para-hydroxylation sites is 1. The molecule has 0 spiro atoms. The lowest BCUT2D eigenvalue weighted by molar-refractivity contribution is -0.142. The number of urea groups is 1. The van der Waals surface area contributed by atoms with Crippen molar-refractivity contribution >= 4 is 12.0 Å². The van der Waals surface area contributed by atoms with Gasteiger partial charge in [0.2, 0.25) is 0 Å². The van der Waals surface area contributed by atoms with Crippen molar-refractivity contribution in [2.24, 2.45) is 5.92 Å². The summed E-state index contributed by atoms with van der Waals surface area (Å²) >= 11 is 0. The van der Waals surface area contributed by atoms with E-state index in [9.17, 15) is 9.59 Å². The molecular formula is C19H28N2O4. The number of carbonyl (C=O) groups excluding carboxylic acids is 1. The summed E-state index contributed by atoms with van der Waals surface area (Å²) in [5.41, 5.74) is 1.10. The van der Waals surface area contributed by atoms with Crippen LogP contribution in [0.2, 0.25) is 0 Å². The van der Waals surface area contributed by atoms with E-state index < -0.39 is 5.97 Å². The highest BCUT2D eigenvalue weighted by molar-refractivity contribution is 5.74. The minimum Gasteiger partial charge on any atom is -0.493 e. The number of carbonyl (C=O) groups is 2. The van der Waals surface area contributed by atoms with E-state index in [1.807, 2.05) is 31.2 Å². The Bertz CT molecular complexity index is 583. The van der Waals surface area contributed by atoms with Gasteiger partial charge in [0.05, 0.1) is 12.5 Å². The van der Waals surface area contributed by atoms with Crippen molar-refractivity contribution in [2.45, 2.75) is 45.1 Å². The lowest BCUT2D eigenvalue weighted by Gasteiger charge is -2.28. The number of carboxylic acid groups (broad SMARTS) is 1. The van der Waals surface area contributed by atoms with Crippen molar-refractivity contribution in [1.29, 1.82) is 0 Å². The molecule has 1 aliphatic rings. The van der Waals surface area contributed by atoms with Crippen molar-refractivity contribution in [3.63, 3.8) is 0 Å². The average molecular weight is 348 g/mol. The monoisotopic (exact) mass is 348 g/mol. The first-order chi connectivity index (χ1) is 12.0. The second-order valence-electron chi connectivity index (χ2n) is 6.73. The molecule has 0 unspecified atom stereocenters. The molecule has 6 nitrogen and oxygen atoms in total. The second-order valence-corrected chi connectivity index (χ2v) is 6.73. The van der Waals surface area contributed by atoms with Gasteiger partial charge in [-0.2, -0.15) is 0 Å². The van der Waals surface area contributed by atoms with Gasteiger partial charge in [-0.25, -0.2) is 4.79 Å². The summed E-state index contributed by atoms with van der Waals surface area (Å²) in [5, 5.41) is 12.0. The highest BCUT2D eigenvalue weighted by atomic mass is 16.5. The first-order valence-electron chi connectivity index (χ1n) is 8.90. The van der Waals surface area contributed by atoms with Gasteiger partial charge < -0.3 is 20.1 Å². The third kappa shape index (κ3) is 5.96. The van der Waals surface area contributed by atoms with Crippen LogP contribution in [0.5, 0.6) is 5.75 Å². The third-order valence-electron chi connectivity index (χ3n) is 4.74. The fraction of sp³-hybridized carbons (Fsp3) is 0.579. The van der Waals surface area contributed by atoms with E-state index in [1.54, 1.807) is 11.9 Å². The minimum atomic E-state index is -0.726. The van der Waals surface area contributed by atoms with E-state index in [2.05, 4.69) is 5.32 Å². The zero-order valence-electron chi connectivity index (χ0n) is 15.0. The maximum atomic E-state index is 12.2. The number of hydrogen-bond acceptors (Lipinski definition) is 3. The first-order valence-corrected chi connectivity index (χ1v) is 8.90. The van der Waals surface area contributed by atoms with Crippen LogP contribution in [0.1, 0.15) is 37.7 Å². The molecule has 2 N–H and O–H groups in total. The van der Waals surface area contributed by atoms with Crippen molar-refractivity contribution in [2.75, 3.05) is 20.2 Å². The molecule has 0 bridgehead atoms. The summed E-state index contributed by atoms with van der Waals surface area (Å²) in [6, 6.07) is 7.85. The van der Waals surface area contributed by atoms with Crippen LogP contribution in [-0.2, 0) is 4.79 Å². The molecule has 0 aliphatic heterocycles. The molecule has 1 aliphatic carbocycles. The lowest BCUT2D eigenvalue weighted by Crippen LogP contribution is -2.45. The van der Waals surface area contributed by atoms with Gasteiger partial charge >= 0.3 is 12.0 Å². The highest BCUT2D eigenvalue weighted by Crippen LogP contribution is 2.24. The summed E-state index contributed by atoms with van der Waals surface area (Å²) in [6.45, 7) is 3.18. The van der Waals surface area contributed by atoms with Crippen molar-refractivity contribution < 1.29 is 19.4 Å². The van der Waals surface area contributed by atoms with E-state index in [4.69, 9.17) is 9.84 Å². The predicted molar refractivity (Wildman–Crippen MR) is 95.8 cm³/mol. The SMILES string of the molecule is Cc1ccccc1OCCCN(C)C(=O)NC1CCC(C(=O)O)CC1. The van der Waals surface area contributed by atoms with Crippen LogP contribution in [0.25, 0.3) is 0 Å². The predicted octanol–water partition coefficient (Wildman–Crippen LogP) is 3.05. The van der Waals surface area contributed by atoms with E-state index in [-0.39, 0.29) is 18.0 Å². The largest absolute Gasteiger partial charge is 0.493 e. The normalized spacial score (nSPS) is 19.9. The van der Waals surface area contributed by atoms with Crippen LogP contribution in [-0.4, -0.2) is 48.2 Å². The molecule has 6 heteroatoms. The summed E-state index contributed by atoms with van der Waals surface area (Å²) in [6.07, 6.45) is 3.48. The summed E-state index contributed by atoms with van der Waals surface area (Å²) < 4.78 is 5.74. The minimum absolute atomic E-state index is 0.0776. The Morgan fingerprint density at radius 3 is 2.56 bits per heavy atom. The van der Waals surface area contributed by atoms with Gasteiger partial charge in [-0.15, -0.1) is 0 Å². The molecule has 0 heterocycles. The Morgan fingerprint density at radius 1 is 1.24 bits per heavy atom. The number of hydrogen-bond donors (Lipinski definition) is 2. The van der Waals surface area contributed by atoms with Gasteiger partial charge in [0.15, 0.2) is 0 Å². The standard InChI is InChI=1S/C19H28N2O4/c1-14-6-3-4-7-17(14)25-13-5-12-21(2)19(24)20-16-10-8-15(9-11-16)18(22)23/h3-4,6-7,15-16H,5,8-13H2,1-2H3,(H,20,24)(H,22,23). The second kappa shape index (κ2) is 9.30. The maximum absolute atomic E-state index is 12.2. The highest BCUT2D eigenvalue weighted by Gasteiger charge is 2.27. The van der Waals surface area contributed by atoms with E-state index in [1.165, 1.54) is 0 Å². The van der Waals surface area contributed by atoms with Gasteiger partial charge in [0, 0.05) is 19.6 Å². The maximum Gasteiger partial charge on any atom is 0.317 e. The third-order valence-corrected chi connectivity index (χ3v) is 4.74. The van der Waals surface area contributed by atoms with E-state index >= 15 is 0 Å². The fourth-order valence-electron chi connectivity index (χ4n) is 3.07. The van der Waals surface area contributed by atoms with Crippen LogP contribution < -0.4 is 10.1 Å². The smallest absolute Gasteiger partial charge is 0.317 e. The summed E-state index contributed by atoms with van der Waals surface area (Å²) in [4.78, 5) is 24.8. The molecule has 1 saturated carbocycles. The number of rotatable bonds is 7.